The first-order chi connectivity index (χ1) is 13.4. The highest BCUT2D eigenvalue weighted by Gasteiger charge is 2.28. The number of carbonyl (C=O) groups excluding carboxylic acids is 1. The smallest absolute Gasteiger partial charge is 0.222 e. The van der Waals surface area contributed by atoms with Crippen molar-refractivity contribution in [2.45, 2.75) is 33.4 Å². The molecule has 0 fully saturated rings. The zero-order valence-electron chi connectivity index (χ0n) is 17.5. The van der Waals surface area contributed by atoms with Crippen LogP contribution in [0.1, 0.15) is 34.1 Å². The lowest BCUT2D eigenvalue weighted by molar-refractivity contribution is -0.907. The number of ether oxygens (including phenoxy) is 2. The molecule has 0 aliphatic rings. The minimum absolute atomic E-state index is 0.158. The summed E-state index contributed by atoms with van der Waals surface area (Å²) >= 11 is 0. The molecule has 3 rings (SSSR count). The van der Waals surface area contributed by atoms with Crippen molar-refractivity contribution in [3.63, 3.8) is 0 Å². The van der Waals surface area contributed by atoms with E-state index in [2.05, 4.69) is 19.0 Å². The van der Waals surface area contributed by atoms with Crippen LogP contribution in [0.25, 0.3) is 10.9 Å². The van der Waals surface area contributed by atoms with Crippen molar-refractivity contribution in [1.82, 2.24) is 4.98 Å². The summed E-state index contributed by atoms with van der Waals surface area (Å²) in [6.45, 7) is 6.74. The van der Waals surface area contributed by atoms with E-state index in [-0.39, 0.29) is 11.8 Å². The van der Waals surface area contributed by atoms with E-state index in [0.717, 1.165) is 50.5 Å². The molecule has 0 amide bonds. The number of ketones is 1. The van der Waals surface area contributed by atoms with Crippen LogP contribution in [0.15, 0.2) is 36.4 Å². The summed E-state index contributed by atoms with van der Waals surface area (Å²) in [5.74, 6) is 1.59. The van der Waals surface area contributed by atoms with Gasteiger partial charge in [0.1, 0.15) is 12.6 Å². The molecule has 2 N–H and O–H groups in total. The number of aryl methyl sites for hydroxylation is 2. The molecule has 0 aliphatic heterocycles. The van der Waals surface area contributed by atoms with E-state index in [9.17, 15) is 4.79 Å². The average Bonchev–Trinajstić information content (AvgIpc) is 3.03. The Bertz CT molecular complexity index is 1010. The van der Waals surface area contributed by atoms with E-state index in [0.29, 0.717) is 5.75 Å². The van der Waals surface area contributed by atoms with Gasteiger partial charge in [-0.3, -0.25) is 4.79 Å². The molecule has 148 valence electrons. The lowest BCUT2D eigenvalue weighted by atomic mass is 10.00. The Morgan fingerprint density at radius 3 is 2.43 bits per heavy atom. The number of benzene rings is 2. The number of methoxy groups -OCH3 is 2. The minimum atomic E-state index is -0.176. The molecular weight excluding hydrogens is 352 g/mol. The van der Waals surface area contributed by atoms with Gasteiger partial charge in [-0.25, -0.2) is 0 Å². The van der Waals surface area contributed by atoms with Crippen molar-refractivity contribution < 1.29 is 19.2 Å². The van der Waals surface area contributed by atoms with Gasteiger partial charge in [0.05, 0.1) is 26.8 Å². The van der Waals surface area contributed by atoms with Gasteiger partial charge in [-0.05, 0) is 44.5 Å². The predicted octanol–water partition coefficient (Wildman–Crippen LogP) is 3.09. The summed E-state index contributed by atoms with van der Waals surface area (Å²) in [6.07, 6.45) is 0. The lowest BCUT2D eigenvalue weighted by Crippen LogP contribution is -3.12. The first kappa shape index (κ1) is 20.0. The van der Waals surface area contributed by atoms with Gasteiger partial charge < -0.3 is 19.4 Å². The van der Waals surface area contributed by atoms with Crippen LogP contribution in [0.2, 0.25) is 0 Å². The first-order valence-corrected chi connectivity index (χ1v) is 9.52. The fourth-order valence-electron chi connectivity index (χ4n) is 3.70. The number of hydrogen-bond acceptors (Lipinski definition) is 3. The number of Topliss-reactive ketones (excluding diaryl/α,β-unsaturated/α-hetero) is 1. The minimum Gasteiger partial charge on any atom is -0.493 e. The second-order valence-electron chi connectivity index (χ2n) is 7.41. The third-order valence-corrected chi connectivity index (χ3v) is 5.58. The standard InChI is InChI=1S/C23H28N2O3/c1-14-11-20(27-5)21(28-6)12-17(14)13-25(4)16(3)23(26)22-15(2)24-19-10-8-7-9-18(19)22/h7-12,16,24H,13H2,1-6H3/p+1/t16-/m1/s1. The molecule has 1 aromatic heterocycles. The quantitative estimate of drug-likeness (QED) is 0.619. The molecule has 2 atom stereocenters. The Balaban J connectivity index is 1.85. The second-order valence-corrected chi connectivity index (χ2v) is 7.41. The summed E-state index contributed by atoms with van der Waals surface area (Å²) in [5.41, 5.74) is 4.99. The van der Waals surface area contributed by atoms with Crippen LogP contribution in [0.3, 0.4) is 0 Å². The molecule has 0 spiro atoms. The third-order valence-electron chi connectivity index (χ3n) is 5.58. The Morgan fingerprint density at radius 2 is 1.75 bits per heavy atom. The highest BCUT2D eigenvalue weighted by molar-refractivity contribution is 6.10. The van der Waals surface area contributed by atoms with Crippen LogP contribution in [0, 0.1) is 13.8 Å². The monoisotopic (exact) mass is 381 g/mol. The van der Waals surface area contributed by atoms with E-state index >= 15 is 0 Å². The summed E-state index contributed by atoms with van der Waals surface area (Å²) < 4.78 is 10.8. The Kier molecular flexibility index (Phi) is 5.75. The number of H-pyrrole nitrogens is 1. The summed E-state index contributed by atoms with van der Waals surface area (Å²) in [6, 6.07) is 11.8. The number of rotatable bonds is 7. The topological polar surface area (TPSA) is 55.8 Å². The van der Waals surface area contributed by atoms with Crippen LogP contribution in [-0.2, 0) is 6.54 Å². The van der Waals surface area contributed by atoms with Gasteiger partial charge in [0.25, 0.3) is 0 Å². The molecule has 2 aromatic carbocycles. The van der Waals surface area contributed by atoms with Crippen LogP contribution < -0.4 is 14.4 Å². The molecule has 1 heterocycles. The number of para-hydroxylation sites is 1. The highest BCUT2D eigenvalue weighted by Crippen LogP contribution is 2.30. The number of hydrogen-bond donors (Lipinski definition) is 2. The fraction of sp³-hybridized carbons (Fsp3) is 0.348. The number of nitrogens with one attached hydrogen (secondary N) is 2. The zero-order valence-corrected chi connectivity index (χ0v) is 17.5. The maximum atomic E-state index is 13.3. The summed E-state index contributed by atoms with van der Waals surface area (Å²) in [5, 5.41) is 0.993. The molecule has 5 nitrogen and oxygen atoms in total. The van der Waals surface area contributed by atoms with Crippen molar-refractivity contribution in [1.29, 1.82) is 0 Å². The molecule has 5 heteroatoms. The molecule has 28 heavy (non-hydrogen) atoms. The maximum Gasteiger partial charge on any atom is 0.222 e. The Labute approximate surface area is 166 Å². The van der Waals surface area contributed by atoms with Gasteiger partial charge in [-0.15, -0.1) is 0 Å². The number of likely N-dealkylation sites (N-methyl/N-ethyl adjacent to an activating group) is 1. The second kappa shape index (κ2) is 8.07. The van der Waals surface area contributed by atoms with Crippen molar-refractivity contribution in [3.8, 4) is 11.5 Å². The maximum absolute atomic E-state index is 13.3. The van der Waals surface area contributed by atoms with E-state index < -0.39 is 0 Å². The van der Waals surface area contributed by atoms with E-state index in [1.54, 1.807) is 14.2 Å². The number of aromatic amines is 1. The number of quaternary nitrogens is 1. The van der Waals surface area contributed by atoms with Crippen molar-refractivity contribution in [2.24, 2.45) is 0 Å². The van der Waals surface area contributed by atoms with Crippen molar-refractivity contribution >= 4 is 16.7 Å². The lowest BCUT2D eigenvalue weighted by Gasteiger charge is -2.22. The molecule has 3 aromatic rings. The highest BCUT2D eigenvalue weighted by atomic mass is 16.5. The zero-order chi connectivity index (χ0) is 20.4. The van der Waals surface area contributed by atoms with Gasteiger partial charge in [-0.1, -0.05) is 18.2 Å². The Hall–Kier alpha value is -2.79. The largest absolute Gasteiger partial charge is 0.493 e. The van der Waals surface area contributed by atoms with Gasteiger partial charge in [0, 0.05) is 22.2 Å². The van der Waals surface area contributed by atoms with Crippen molar-refractivity contribution in [3.05, 3.63) is 58.8 Å². The van der Waals surface area contributed by atoms with Gasteiger partial charge in [-0.2, -0.15) is 0 Å². The van der Waals surface area contributed by atoms with Crippen LogP contribution in [0.4, 0.5) is 0 Å². The first-order valence-electron chi connectivity index (χ1n) is 9.52. The van der Waals surface area contributed by atoms with E-state index in [1.807, 2.05) is 50.2 Å². The molecular formula is C23H29N2O3+. The van der Waals surface area contributed by atoms with E-state index in [4.69, 9.17) is 9.47 Å². The number of fused-ring (bicyclic) bond motifs is 1. The molecule has 0 bridgehead atoms. The fourth-order valence-corrected chi connectivity index (χ4v) is 3.70. The molecule has 1 unspecified atom stereocenters. The Morgan fingerprint density at radius 1 is 1.11 bits per heavy atom. The predicted molar refractivity (Wildman–Crippen MR) is 112 cm³/mol. The third kappa shape index (κ3) is 3.62. The average molecular weight is 381 g/mol. The van der Waals surface area contributed by atoms with Gasteiger partial charge in [0.15, 0.2) is 11.5 Å². The van der Waals surface area contributed by atoms with Crippen LogP contribution >= 0.6 is 0 Å². The molecule has 0 saturated carbocycles. The van der Waals surface area contributed by atoms with Gasteiger partial charge in [0.2, 0.25) is 5.78 Å². The van der Waals surface area contributed by atoms with Gasteiger partial charge >= 0.3 is 0 Å². The number of aromatic nitrogens is 1. The summed E-state index contributed by atoms with van der Waals surface area (Å²) in [7, 11) is 5.33. The van der Waals surface area contributed by atoms with Crippen molar-refractivity contribution in [2.75, 3.05) is 21.3 Å². The van der Waals surface area contributed by atoms with Crippen LogP contribution in [-0.4, -0.2) is 38.1 Å². The van der Waals surface area contributed by atoms with Crippen LogP contribution in [0.5, 0.6) is 11.5 Å². The SMILES string of the molecule is COc1cc(C)c(C[NH+](C)[C@H](C)C(=O)c2c(C)[nH]c3ccccc23)cc1OC. The molecule has 0 aliphatic carbocycles. The normalized spacial score (nSPS) is 13.4. The molecule has 0 saturated heterocycles. The van der Waals surface area contributed by atoms with E-state index in [1.165, 1.54) is 0 Å². The molecule has 0 radical (unpaired) electrons. The number of carbonyl (C=O) groups is 1. The summed E-state index contributed by atoms with van der Waals surface area (Å²) in [4.78, 5) is 17.8.